The van der Waals surface area contributed by atoms with Gasteiger partial charge in [0.25, 0.3) is 5.91 Å². The van der Waals surface area contributed by atoms with Crippen LogP contribution in [0.15, 0.2) is 60.8 Å². The van der Waals surface area contributed by atoms with E-state index in [0.717, 1.165) is 35.6 Å². The molecule has 0 saturated carbocycles. The van der Waals surface area contributed by atoms with E-state index in [1.54, 1.807) is 6.20 Å². The molecule has 4 rings (SSSR count). The van der Waals surface area contributed by atoms with Gasteiger partial charge < -0.3 is 20.7 Å². The first kappa shape index (κ1) is 19.9. The zero-order valence-corrected chi connectivity index (χ0v) is 17.3. The number of ether oxygens (including phenoxy) is 1. The molecular weight excluding hydrogens is 376 g/mol. The third-order valence-corrected chi connectivity index (χ3v) is 5.29. The summed E-state index contributed by atoms with van der Waals surface area (Å²) in [4.78, 5) is 19.5. The lowest BCUT2D eigenvalue weighted by atomic mass is 9.97. The number of nitrogens with zero attached hydrogens (tertiary/aromatic N) is 2. The molecule has 1 atom stereocenters. The van der Waals surface area contributed by atoms with Crippen LogP contribution in [-0.4, -0.2) is 36.7 Å². The zero-order chi connectivity index (χ0) is 21.1. The summed E-state index contributed by atoms with van der Waals surface area (Å²) in [5.41, 5.74) is 10.9. The molecule has 1 fully saturated rings. The molecule has 3 aromatic rings. The number of nitrogen functional groups attached to an aromatic ring is 1. The Hall–Kier alpha value is -3.38. The highest BCUT2D eigenvalue weighted by atomic mass is 16.5. The van der Waals surface area contributed by atoms with Crippen molar-refractivity contribution in [1.82, 2.24) is 4.98 Å². The van der Waals surface area contributed by atoms with E-state index >= 15 is 0 Å². The van der Waals surface area contributed by atoms with Crippen molar-refractivity contribution in [2.75, 3.05) is 35.6 Å². The number of pyridine rings is 1. The number of anilines is 3. The van der Waals surface area contributed by atoms with Crippen LogP contribution in [0.2, 0.25) is 0 Å². The molecule has 1 aromatic heterocycles. The molecule has 0 spiro atoms. The van der Waals surface area contributed by atoms with Crippen LogP contribution in [0, 0.1) is 6.92 Å². The number of hydrogen-bond acceptors (Lipinski definition) is 5. The summed E-state index contributed by atoms with van der Waals surface area (Å²) in [6.45, 7) is 6.42. The minimum atomic E-state index is -0.166. The number of aromatic nitrogens is 1. The molecule has 3 N–H and O–H groups in total. The second-order valence-electron chi connectivity index (χ2n) is 7.64. The van der Waals surface area contributed by atoms with Crippen LogP contribution in [0.25, 0.3) is 11.1 Å². The van der Waals surface area contributed by atoms with Crippen LogP contribution in [0.3, 0.4) is 0 Å². The first-order valence-electron chi connectivity index (χ1n) is 10.1. The van der Waals surface area contributed by atoms with Gasteiger partial charge in [0.15, 0.2) is 0 Å². The number of nitrogens with one attached hydrogen (secondary N) is 1. The standard InChI is InChI=1S/C24H26N4O2/c1-16-3-4-19(13-22(16)18-5-7-20(25)8-6-18)24(29)27-21-9-10-23(26-14-21)28-11-12-30-17(2)15-28/h3-10,13-14,17H,11-12,15,25H2,1-2H3,(H,27,29)/t17-/m1/s1. The van der Waals surface area contributed by atoms with Gasteiger partial charge in [0, 0.05) is 24.3 Å². The Labute approximate surface area is 176 Å². The molecule has 1 aliphatic heterocycles. The SMILES string of the molecule is Cc1ccc(C(=O)Nc2ccc(N3CCO[C@H](C)C3)nc2)cc1-c1ccc(N)cc1. The average Bonchev–Trinajstić information content (AvgIpc) is 2.75. The van der Waals surface area contributed by atoms with Crippen molar-refractivity contribution < 1.29 is 9.53 Å². The third kappa shape index (κ3) is 4.44. The van der Waals surface area contributed by atoms with Gasteiger partial charge in [-0.3, -0.25) is 4.79 Å². The number of carbonyl (C=O) groups excluding carboxylic acids is 1. The summed E-state index contributed by atoms with van der Waals surface area (Å²) in [7, 11) is 0. The Balaban J connectivity index is 1.48. The van der Waals surface area contributed by atoms with E-state index in [-0.39, 0.29) is 12.0 Å². The average molecular weight is 402 g/mol. The van der Waals surface area contributed by atoms with E-state index in [0.29, 0.717) is 23.5 Å². The Bertz CT molecular complexity index is 1030. The molecule has 1 saturated heterocycles. The predicted molar refractivity (Wildman–Crippen MR) is 121 cm³/mol. The smallest absolute Gasteiger partial charge is 0.255 e. The van der Waals surface area contributed by atoms with Crippen LogP contribution >= 0.6 is 0 Å². The number of amides is 1. The van der Waals surface area contributed by atoms with Crippen LogP contribution in [0.1, 0.15) is 22.8 Å². The highest BCUT2D eigenvalue weighted by Gasteiger charge is 2.18. The van der Waals surface area contributed by atoms with Gasteiger partial charge in [-0.15, -0.1) is 0 Å². The van der Waals surface area contributed by atoms with Gasteiger partial charge in [0.2, 0.25) is 0 Å². The van der Waals surface area contributed by atoms with Crippen molar-refractivity contribution in [2.24, 2.45) is 0 Å². The highest BCUT2D eigenvalue weighted by molar-refractivity contribution is 6.05. The van der Waals surface area contributed by atoms with Gasteiger partial charge in [-0.25, -0.2) is 4.98 Å². The summed E-state index contributed by atoms with van der Waals surface area (Å²) in [6, 6.07) is 17.2. The van der Waals surface area contributed by atoms with Crippen molar-refractivity contribution in [2.45, 2.75) is 20.0 Å². The van der Waals surface area contributed by atoms with E-state index < -0.39 is 0 Å². The van der Waals surface area contributed by atoms with Gasteiger partial charge in [0.05, 0.1) is 24.6 Å². The number of hydrogen-bond donors (Lipinski definition) is 2. The van der Waals surface area contributed by atoms with Crippen molar-refractivity contribution in [1.29, 1.82) is 0 Å². The Morgan fingerprint density at radius 1 is 1.17 bits per heavy atom. The molecule has 0 radical (unpaired) electrons. The lowest BCUT2D eigenvalue weighted by molar-refractivity contribution is 0.0529. The minimum absolute atomic E-state index is 0.166. The summed E-state index contributed by atoms with van der Waals surface area (Å²) in [6.07, 6.45) is 1.89. The molecule has 0 aliphatic carbocycles. The third-order valence-electron chi connectivity index (χ3n) is 5.29. The van der Waals surface area contributed by atoms with Crippen LogP contribution < -0.4 is 16.0 Å². The molecule has 6 heteroatoms. The predicted octanol–water partition coefficient (Wildman–Crippen LogP) is 4.12. The van der Waals surface area contributed by atoms with Gasteiger partial charge in [-0.05, 0) is 66.9 Å². The fourth-order valence-electron chi connectivity index (χ4n) is 3.61. The minimum Gasteiger partial charge on any atom is -0.399 e. The number of benzene rings is 2. The lowest BCUT2D eigenvalue weighted by Crippen LogP contribution is -2.41. The van der Waals surface area contributed by atoms with Gasteiger partial charge in [-0.2, -0.15) is 0 Å². The second-order valence-corrected chi connectivity index (χ2v) is 7.64. The first-order valence-corrected chi connectivity index (χ1v) is 10.1. The maximum Gasteiger partial charge on any atom is 0.255 e. The monoisotopic (exact) mass is 402 g/mol. The second kappa shape index (κ2) is 8.55. The molecule has 1 aliphatic rings. The van der Waals surface area contributed by atoms with E-state index in [2.05, 4.69) is 22.1 Å². The summed E-state index contributed by atoms with van der Waals surface area (Å²) < 4.78 is 5.58. The Morgan fingerprint density at radius 2 is 1.97 bits per heavy atom. The van der Waals surface area contributed by atoms with Crippen molar-refractivity contribution in [3.63, 3.8) is 0 Å². The number of aryl methyl sites for hydroxylation is 1. The van der Waals surface area contributed by atoms with Gasteiger partial charge >= 0.3 is 0 Å². The fraction of sp³-hybridized carbons (Fsp3) is 0.250. The van der Waals surface area contributed by atoms with Crippen LogP contribution in [-0.2, 0) is 4.74 Å². The summed E-state index contributed by atoms with van der Waals surface area (Å²) in [5.74, 6) is 0.727. The highest BCUT2D eigenvalue weighted by Crippen LogP contribution is 2.26. The van der Waals surface area contributed by atoms with E-state index in [4.69, 9.17) is 10.5 Å². The Kier molecular flexibility index (Phi) is 5.68. The quantitative estimate of drug-likeness (QED) is 0.642. The molecule has 6 nitrogen and oxygen atoms in total. The van der Waals surface area contributed by atoms with Crippen molar-refractivity contribution in [3.05, 3.63) is 71.9 Å². The normalized spacial score (nSPS) is 16.3. The summed E-state index contributed by atoms with van der Waals surface area (Å²) in [5, 5.41) is 2.94. The van der Waals surface area contributed by atoms with E-state index in [9.17, 15) is 4.79 Å². The van der Waals surface area contributed by atoms with E-state index in [1.165, 1.54) is 0 Å². The van der Waals surface area contributed by atoms with Crippen LogP contribution in [0.5, 0.6) is 0 Å². The number of nitrogens with two attached hydrogens (primary N) is 1. The fourth-order valence-corrected chi connectivity index (χ4v) is 3.61. The largest absolute Gasteiger partial charge is 0.399 e. The maximum atomic E-state index is 12.8. The topological polar surface area (TPSA) is 80.5 Å². The molecular formula is C24H26N4O2. The van der Waals surface area contributed by atoms with Crippen LogP contribution in [0.4, 0.5) is 17.2 Å². The Morgan fingerprint density at radius 3 is 2.67 bits per heavy atom. The molecule has 2 aromatic carbocycles. The molecule has 2 heterocycles. The van der Waals surface area contributed by atoms with E-state index in [1.807, 2.05) is 61.5 Å². The number of morpholine rings is 1. The molecule has 1 amide bonds. The summed E-state index contributed by atoms with van der Waals surface area (Å²) >= 11 is 0. The number of carbonyl (C=O) groups is 1. The first-order chi connectivity index (χ1) is 14.5. The lowest BCUT2D eigenvalue weighted by Gasteiger charge is -2.32. The molecule has 154 valence electrons. The van der Waals surface area contributed by atoms with Gasteiger partial charge in [-0.1, -0.05) is 18.2 Å². The van der Waals surface area contributed by atoms with Crippen molar-refractivity contribution >= 4 is 23.1 Å². The molecule has 0 bridgehead atoms. The maximum absolute atomic E-state index is 12.8. The van der Waals surface area contributed by atoms with Gasteiger partial charge in [0.1, 0.15) is 5.82 Å². The van der Waals surface area contributed by atoms with Crippen molar-refractivity contribution in [3.8, 4) is 11.1 Å². The molecule has 0 unspecified atom stereocenters. The number of rotatable bonds is 4. The molecule has 30 heavy (non-hydrogen) atoms. The zero-order valence-electron chi connectivity index (χ0n) is 17.3.